The summed E-state index contributed by atoms with van der Waals surface area (Å²) in [7, 11) is 0. The van der Waals surface area contributed by atoms with E-state index in [1.807, 2.05) is 13.8 Å². The van der Waals surface area contributed by atoms with Crippen LogP contribution in [0.5, 0.6) is 0 Å². The van der Waals surface area contributed by atoms with Gasteiger partial charge < -0.3 is 20.4 Å². The Morgan fingerprint density at radius 3 is 1.64 bits per heavy atom. The van der Waals surface area contributed by atoms with E-state index in [1.165, 1.54) is 13.8 Å². The number of aliphatic hydroxyl groups is 3. The summed E-state index contributed by atoms with van der Waals surface area (Å²) >= 11 is 0. The van der Waals surface area contributed by atoms with Gasteiger partial charge in [0.1, 0.15) is 0 Å². The van der Waals surface area contributed by atoms with Gasteiger partial charge in [-0.1, -0.05) is 13.8 Å². The van der Waals surface area contributed by atoms with Crippen LogP contribution in [0.25, 0.3) is 0 Å². The van der Waals surface area contributed by atoms with Gasteiger partial charge in [0, 0.05) is 6.61 Å². The zero-order valence-corrected chi connectivity index (χ0v) is 9.06. The van der Waals surface area contributed by atoms with Gasteiger partial charge in [-0.05, 0) is 19.8 Å². The zero-order chi connectivity index (χ0) is 11.9. The molecule has 0 saturated carbocycles. The van der Waals surface area contributed by atoms with Crippen LogP contribution in [-0.2, 0) is 4.79 Å². The van der Waals surface area contributed by atoms with E-state index in [9.17, 15) is 4.79 Å². The minimum atomic E-state index is -1.71. The molecule has 0 rings (SSSR count). The molecule has 0 aliphatic carbocycles. The Hall–Kier alpha value is -0.650. The van der Waals surface area contributed by atoms with Crippen molar-refractivity contribution in [3.63, 3.8) is 0 Å². The van der Waals surface area contributed by atoms with E-state index in [0.717, 1.165) is 0 Å². The molecule has 5 heteroatoms. The molecule has 0 aliphatic rings. The summed E-state index contributed by atoms with van der Waals surface area (Å²) in [5, 5.41) is 33.7. The standard InChI is InChI=1S/C5H10O4.C4H10O/c1-5(2,9)3(6)4(7)8;1-4(2)3-5/h3,6,9H,1-2H3,(H,7,8);4-5H,3H2,1-2H3. The molecule has 14 heavy (non-hydrogen) atoms. The van der Waals surface area contributed by atoms with E-state index < -0.39 is 17.7 Å². The molecule has 0 aromatic carbocycles. The number of aliphatic carboxylic acids is 1. The van der Waals surface area contributed by atoms with Crippen LogP contribution in [0.4, 0.5) is 0 Å². The van der Waals surface area contributed by atoms with E-state index in [2.05, 4.69) is 0 Å². The first kappa shape index (κ1) is 15.8. The van der Waals surface area contributed by atoms with Crippen molar-refractivity contribution in [3.05, 3.63) is 0 Å². The SMILES string of the molecule is CC(C)(O)C(O)C(=O)O.CC(C)CO. The predicted octanol–water partition coefficient (Wildman–Crippen LogP) is -0.163. The molecule has 0 heterocycles. The Bertz CT molecular complexity index is 159. The minimum absolute atomic E-state index is 0.306. The highest BCUT2D eigenvalue weighted by molar-refractivity contribution is 5.73. The number of carboxylic acid groups (broad SMARTS) is 1. The van der Waals surface area contributed by atoms with E-state index >= 15 is 0 Å². The van der Waals surface area contributed by atoms with Gasteiger partial charge in [0.05, 0.1) is 5.60 Å². The van der Waals surface area contributed by atoms with Crippen LogP contribution in [0.2, 0.25) is 0 Å². The topological polar surface area (TPSA) is 98.0 Å². The van der Waals surface area contributed by atoms with E-state index in [-0.39, 0.29) is 0 Å². The van der Waals surface area contributed by atoms with Crippen molar-refractivity contribution in [3.8, 4) is 0 Å². The van der Waals surface area contributed by atoms with Crippen LogP contribution in [-0.4, -0.2) is 44.7 Å². The molecule has 1 unspecified atom stereocenters. The Morgan fingerprint density at radius 1 is 1.36 bits per heavy atom. The molecule has 1 atom stereocenters. The second-order valence-electron chi connectivity index (χ2n) is 3.97. The van der Waals surface area contributed by atoms with Crippen molar-refractivity contribution in [2.24, 2.45) is 5.92 Å². The van der Waals surface area contributed by atoms with Crippen LogP contribution >= 0.6 is 0 Å². The van der Waals surface area contributed by atoms with Crippen molar-refractivity contribution in [1.29, 1.82) is 0 Å². The van der Waals surface area contributed by atoms with Gasteiger partial charge >= 0.3 is 5.97 Å². The zero-order valence-electron chi connectivity index (χ0n) is 9.06. The highest BCUT2D eigenvalue weighted by atomic mass is 16.4. The van der Waals surface area contributed by atoms with Crippen LogP contribution < -0.4 is 0 Å². The van der Waals surface area contributed by atoms with Crippen LogP contribution in [0.3, 0.4) is 0 Å². The van der Waals surface area contributed by atoms with Crippen molar-refractivity contribution in [2.75, 3.05) is 6.61 Å². The monoisotopic (exact) mass is 208 g/mol. The molecule has 0 fully saturated rings. The molecule has 0 radical (unpaired) electrons. The van der Waals surface area contributed by atoms with Crippen molar-refractivity contribution in [2.45, 2.75) is 39.4 Å². The lowest BCUT2D eigenvalue weighted by molar-refractivity contribution is -0.159. The summed E-state index contributed by atoms with van der Waals surface area (Å²) in [4.78, 5) is 9.94. The van der Waals surface area contributed by atoms with Crippen LogP contribution in [0.1, 0.15) is 27.7 Å². The normalized spacial score (nSPS) is 13.1. The van der Waals surface area contributed by atoms with Crippen LogP contribution in [0.15, 0.2) is 0 Å². The predicted molar refractivity (Wildman–Crippen MR) is 51.9 cm³/mol. The molecular formula is C9H20O5. The average molecular weight is 208 g/mol. The highest BCUT2D eigenvalue weighted by Crippen LogP contribution is 2.07. The molecule has 0 amide bonds. The highest BCUT2D eigenvalue weighted by Gasteiger charge is 2.30. The molecule has 86 valence electrons. The smallest absolute Gasteiger partial charge is 0.335 e. The van der Waals surface area contributed by atoms with Gasteiger partial charge in [-0.2, -0.15) is 0 Å². The van der Waals surface area contributed by atoms with Gasteiger partial charge in [-0.3, -0.25) is 0 Å². The van der Waals surface area contributed by atoms with E-state index in [1.54, 1.807) is 0 Å². The summed E-state index contributed by atoms with van der Waals surface area (Å²) in [6.45, 7) is 6.71. The lowest BCUT2D eigenvalue weighted by atomic mass is 10.0. The van der Waals surface area contributed by atoms with E-state index in [4.69, 9.17) is 20.4 Å². The molecule has 0 aliphatic heterocycles. The number of hydrogen-bond donors (Lipinski definition) is 4. The molecule has 5 nitrogen and oxygen atoms in total. The number of aliphatic hydroxyl groups excluding tert-OH is 2. The van der Waals surface area contributed by atoms with Gasteiger partial charge in [-0.15, -0.1) is 0 Å². The number of carbonyl (C=O) groups is 1. The van der Waals surface area contributed by atoms with Crippen molar-refractivity contribution in [1.82, 2.24) is 0 Å². The van der Waals surface area contributed by atoms with Gasteiger partial charge in [-0.25, -0.2) is 4.79 Å². The van der Waals surface area contributed by atoms with Gasteiger partial charge in [0.15, 0.2) is 6.10 Å². The first-order chi connectivity index (χ1) is 6.12. The summed E-state index contributed by atoms with van der Waals surface area (Å²) in [5.74, 6) is -0.975. The largest absolute Gasteiger partial charge is 0.479 e. The Morgan fingerprint density at radius 2 is 1.64 bits per heavy atom. The fourth-order valence-corrected chi connectivity index (χ4v) is 0.302. The third-order valence-corrected chi connectivity index (χ3v) is 1.27. The van der Waals surface area contributed by atoms with Crippen LogP contribution in [0, 0.1) is 5.92 Å². The molecule has 0 saturated heterocycles. The summed E-state index contributed by atoms with van der Waals surface area (Å²) in [6.07, 6.45) is -1.71. The number of carboxylic acids is 1. The van der Waals surface area contributed by atoms with Crippen molar-refractivity contribution < 1.29 is 25.2 Å². The molecule has 0 spiro atoms. The number of hydrogen-bond acceptors (Lipinski definition) is 4. The quantitative estimate of drug-likeness (QED) is 0.516. The number of rotatable bonds is 3. The van der Waals surface area contributed by atoms with Gasteiger partial charge in [0.2, 0.25) is 0 Å². The summed E-state index contributed by atoms with van der Waals surface area (Å²) in [6, 6.07) is 0. The molecule has 4 N–H and O–H groups in total. The second kappa shape index (κ2) is 6.75. The maximum Gasteiger partial charge on any atom is 0.335 e. The first-order valence-electron chi connectivity index (χ1n) is 4.37. The lowest BCUT2D eigenvalue weighted by Gasteiger charge is -2.19. The lowest BCUT2D eigenvalue weighted by Crippen LogP contribution is -2.41. The summed E-state index contributed by atoms with van der Waals surface area (Å²) < 4.78 is 0. The molecule has 0 aromatic heterocycles. The second-order valence-corrected chi connectivity index (χ2v) is 3.97. The minimum Gasteiger partial charge on any atom is -0.479 e. The van der Waals surface area contributed by atoms with Gasteiger partial charge in [0.25, 0.3) is 0 Å². The van der Waals surface area contributed by atoms with Crippen molar-refractivity contribution >= 4 is 5.97 Å². The van der Waals surface area contributed by atoms with E-state index in [0.29, 0.717) is 12.5 Å². The average Bonchev–Trinajstić information content (AvgIpc) is 2.02. The Kier molecular flexibility index (Phi) is 7.62. The third-order valence-electron chi connectivity index (χ3n) is 1.27. The third kappa shape index (κ3) is 9.44. The maximum atomic E-state index is 9.94. The fraction of sp³-hybridized carbons (Fsp3) is 0.889. The Balaban J connectivity index is 0. The molecule has 0 bridgehead atoms. The Labute approximate surface area is 84.0 Å². The first-order valence-corrected chi connectivity index (χ1v) is 4.37. The summed E-state index contributed by atoms with van der Waals surface area (Å²) in [5.41, 5.74) is -1.56. The maximum absolute atomic E-state index is 9.94. The fourth-order valence-electron chi connectivity index (χ4n) is 0.302. The molecule has 0 aromatic rings. The molecular weight excluding hydrogens is 188 g/mol.